The third-order valence-corrected chi connectivity index (χ3v) is 4.72. The molecule has 1 unspecified atom stereocenters. The number of rotatable bonds is 5. The molecule has 3 rings (SSSR count). The van der Waals surface area contributed by atoms with Crippen molar-refractivity contribution in [2.75, 3.05) is 0 Å². The average molecular weight is 258 g/mol. The van der Waals surface area contributed by atoms with Crippen molar-refractivity contribution in [2.45, 2.75) is 65.5 Å². The smallest absolute Gasteiger partial charge is 0.0426 e. The Hall–Kier alpha value is -0.890. The van der Waals surface area contributed by atoms with Crippen LogP contribution in [-0.2, 0) is 0 Å². The van der Waals surface area contributed by atoms with Crippen LogP contribution in [-0.4, -0.2) is 11.0 Å². The maximum Gasteiger partial charge on any atom is 0.0426 e. The third kappa shape index (κ3) is 2.84. The van der Waals surface area contributed by atoms with Crippen LogP contribution >= 0.6 is 0 Å². The van der Waals surface area contributed by atoms with Crippen molar-refractivity contribution in [3.8, 4) is 0 Å². The first-order valence-electron chi connectivity index (χ1n) is 7.77. The van der Waals surface area contributed by atoms with E-state index in [0.29, 0.717) is 6.04 Å². The Bertz CT molecular complexity index is 437. The fourth-order valence-corrected chi connectivity index (χ4v) is 3.63. The van der Waals surface area contributed by atoms with Crippen molar-refractivity contribution in [3.05, 3.63) is 28.6 Å². The van der Waals surface area contributed by atoms with E-state index in [4.69, 9.17) is 0 Å². The fourth-order valence-electron chi connectivity index (χ4n) is 3.63. The Morgan fingerprint density at radius 2 is 1.68 bits per heavy atom. The van der Waals surface area contributed by atoms with Gasteiger partial charge in [-0.15, -0.1) is 0 Å². The maximum absolute atomic E-state index is 4.64. The van der Waals surface area contributed by atoms with Crippen molar-refractivity contribution in [1.29, 1.82) is 0 Å². The van der Waals surface area contributed by atoms with Crippen LogP contribution in [0.15, 0.2) is 6.07 Å². The van der Waals surface area contributed by atoms with Crippen LogP contribution < -0.4 is 5.32 Å². The largest absolute Gasteiger partial charge is 0.307 e. The highest BCUT2D eigenvalue weighted by Gasteiger charge is 2.41. The monoisotopic (exact) mass is 258 g/mol. The van der Waals surface area contributed by atoms with Crippen LogP contribution in [0, 0.1) is 32.6 Å². The van der Waals surface area contributed by atoms with E-state index in [1.165, 1.54) is 42.5 Å². The number of aryl methyl sites for hydroxylation is 3. The highest BCUT2D eigenvalue weighted by atomic mass is 15.0. The van der Waals surface area contributed by atoms with Gasteiger partial charge in [-0.2, -0.15) is 0 Å². The molecule has 2 fully saturated rings. The molecule has 1 heterocycles. The summed E-state index contributed by atoms with van der Waals surface area (Å²) in [5.74, 6) is 1.91. The lowest BCUT2D eigenvalue weighted by molar-refractivity contribution is 0.376. The first-order chi connectivity index (χ1) is 9.06. The van der Waals surface area contributed by atoms with Crippen molar-refractivity contribution < 1.29 is 0 Å². The van der Waals surface area contributed by atoms with Crippen LogP contribution in [0.1, 0.15) is 61.2 Å². The van der Waals surface area contributed by atoms with Crippen LogP contribution in [0.4, 0.5) is 0 Å². The molecule has 0 aliphatic heterocycles. The maximum atomic E-state index is 4.64. The van der Waals surface area contributed by atoms with Gasteiger partial charge in [-0.3, -0.25) is 4.98 Å². The summed E-state index contributed by atoms with van der Waals surface area (Å²) in [5.41, 5.74) is 5.13. The molecular formula is C17H26N2. The molecule has 1 aromatic heterocycles. The molecule has 1 atom stereocenters. The zero-order chi connectivity index (χ0) is 13.6. The van der Waals surface area contributed by atoms with Crippen LogP contribution in [0.2, 0.25) is 0 Å². The molecule has 2 saturated carbocycles. The van der Waals surface area contributed by atoms with Gasteiger partial charge in [-0.1, -0.05) is 0 Å². The van der Waals surface area contributed by atoms with E-state index in [1.54, 1.807) is 0 Å². The molecule has 2 aliphatic rings. The second-order valence-corrected chi connectivity index (χ2v) is 6.67. The number of hydrogen-bond acceptors (Lipinski definition) is 2. The zero-order valence-corrected chi connectivity index (χ0v) is 12.7. The van der Waals surface area contributed by atoms with Crippen molar-refractivity contribution in [2.24, 2.45) is 11.8 Å². The predicted octanol–water partition coefficient (Wildman–Crippen LogP) is 3.85. The van der Waals surface area contributed by atoms with Crippen molar-refractivity contribution in [3.63, 3.8) is 0 Å². The lowest BCUT2D eigenvalue weighted by atomic mass is 9.98. The number of pyridine rings is 1. The SMILES string of the molecule is Cc1cc(C)c(C(C)NC(C2CC2)C2CC2)c(C)n1. The molecule has 19 heavy (non-hydrogen) atoms. The third-order valence-electron chi connectivity index (χ3n) is 4.72. The topological polar surface area (TPSA) is 24.9 Å². The molecule has 0 radical (unpaired) electrons. The van der Waals surface area contributed by atoms with Gasteiger partial charge in [0.25, 0.3) is 0 Å². The summed E-state index contributed by atoms with van der Waals surface area (Å²) in [6, 6.07) is 3.40. The molecule has 1 aromatic rings. The Kier molecular flexibility index (Phi) is 3.38. The van der Waals surface area contributed by atoms with Crippen LogP contribution in [0.3, 0.4) is 0 Å². The second-order valence-electron chi connectivity index (χ2n) is 6.67. The summed E-state index contributed by atoms with van der Waals surface area (Å²) in [4.78, 5) is 4.64. The average Bonchev–Trinajstić information content (AvgIpc) is 3.17. The molecule has 104 valence electrons. The molecule has 0 bridgehead atoms. The van der Waals surface area contributed by atoms with Gasteiger partial charge in [-0.25, -0.2) is 0 Å². The summed E-state index contributed by atoms with van der Waals surface area (Å²) in [5, 5.41) is 3.92. The summed E-state index contributed by atoms with van der Waals surface area (Å²) < 4.78 is 0. The van der Waals surface area contributed by atoms with E-state index in [-0.39, 0.29) is 0 Å². The molecule has 2 nitrogen and oxygen atoms in total. The van der Waals surface area contributed by atoms with E-state index in [1.807, 2.05) is 0 Å². The van der Waals surface area contributed by atoms with Crippen LogP contribution in [0.25, 0.3) is 0 Å². The van der Waals surface area contributed by atoms with Crippen molar-refractivity contribution >= 4 is 0 Å². The normalized spacial score (nSPS) is 20.9. The van der Waals surface area contributed by atoms with Gasteiger partial charge in [0.2, 0.25) is 0 Å². The van der Waals surface area contributed by atoms with E-state index in [9.17, 15) is 0 Å². The molecule has 1 N–H and O–H groups in total. The van der Waals surface area contributed by atoms with Gasteiger partial charge in [0, 0.05) is 23.5 Å². The molecule has 0 saturated heterocycles. The van der Waals surface area contributed by atoms with Crippen LogP contribution in [0.5, 0.6) is 0 Å². The summed E-state index contributed by atoms with van der Waals surface area (Å²) in [6.07, 6.45) is 5.74. The highest BCUT2D eigenvalue weighted by molar-refractivity contribution is 5.33. The van der Waals surface area contributed by atoms with E-state index in [2.05, 4.69) is 44.1 Å². The van der Waals surface area contributed by atoms with Gasteiger partial charge in [-0.05, 0) is 82.4 Å². The first-order valence-corrected chi connectivity index (χ1v) is 7.77. The van der Waals surface area contributed by atoms with Gasteiger partial charge >= 0.3 is 0 Å². The van der Waals surface area contributed by atoms with E-state index < -0.39 is 0 Å². The van der Waals surface area contributed by atoms with Gasteiger partial charge in [0.1, 0.15) is 0 Å². The second kappa shape index (κ2) is 4.90. The van der Waals surface area contributed by atoms with Gasteiger partial charge in [0.05, 0.1) is 0 Å². The molecular weight excluding hydrogens is 232 g/mol. The molecule has 2 heteroatoms. The van der Waals surface area contributed by atoms with E-state index in [0.717, 1.165) is 23.6 Å². The Morgan fingerprint density at radius 3 is 2.16 bits per heavy atom. The summed E-state index contributed by atoms with van der Waals surface area (Å²) in [7, 11) is 0. The first kappa shape index (κ1) is 13.1. The van der Waals surface area contributed by atoms with Gasteiger partial charge in [0.15, 0.2) is 0 Å². The number of nitrogens with one attached hydrogen (secondary N) is 1. The molecule has 0 amide bonds. The standard InChI is InChI=1S/C17H26N2/c1-10-9-11(2)18-12(3)16(10)13(4)19-17(14-5-6-14)15-7-8-15/h9,13-15,17,19H,5-8H2,1-4H3. The summed E-state index contributed by atoms with van der Waals surface area (Å²) in [6.45, 7) is 8.76. The number of aromatic nitrogens is 1. The minimum absolute atomic E-state index is 0.430. The fraction of sp³-hybridized carbons (Fsp3) is 0.706. The molecule has 0 aromatic carbocycles. The number of nitrogens with zero attached hydrogens (tertiary/aromatic N) is 1. The van der Waals surface area contributed by atoms with Gasteiger partial charge < -0.3 is 5.32 Å². The highest BCUT2D eigenvalue weighted by Crippen LogP contribution is 2.45. The Labute approximate surface area is 117 Å². The lowest BCUT2D eigenvalue weighted by Crippen LogP contribution is -2.35. The minimum Gasteiger partial charge on any atom is -0.307 e. The lowest BCUT2D eigenvalue weighted by Gasteiger charge is -2.25. The van der Waals surface area contributed by atoms with E-state index >= 15 is 0 Å². The zero-order valence-electron chi connectivity index (χ0n) is 12.7. The minimum atomic E-state index is 0.430. The van der Waals surface area contributed by atoms with Crippen molar-refractivity contribution in [1.82, 2.24) is 10.3 Å². The summed E-state index contributed by atoms with van der Waals surface area (Å²) >= 11 is 0. The predicted molar refractivity (Wildman–Crippen MR) is 79.2 cm³/mol. The Morgan fingerprint density at radius 1 is 1.11 bits per heavy atom. The Balaban J connectivity index is 1.77. The molecule has 2 aliphatic carbocycles. The number of hydrogen-bond donors (Lipinski definition) is 1. The quantitative estimate of drug-likeness (QED) is 0.868. The molecule has 0 spiro atoms.